The van der Waals surface area contributed by atoms with E-state index in [-0.39, 0.29) is 5.91 Å². The average Bonchev–Trinajstić information content (AvgIpc) is 3.27. The summed E-state index contributed by atoms with van der Waals surface area (Å²) in [6.07, 6.45) is 3.83. The summed E-state index contributed by atoms with van der Waals surface area (Å²) in [6.45, 7) is 5.40. The van der Waals surface area contributed by atoms with Crippen molar-refractivity contribution < 1.29 is 4.79 Å². The van der Waals surface area contributed by atoms with E-state index in [4.69, 9.17) is 11.6 Å². The van der Waals surface area contributed by atoms with Crippen LogP contribution in [0.4, 0.5) is 5.82 Å². The highest BCUT2D eigenvalue weighted by Gasteiger charge is 2.23. The molecule has 0 bridgehead atoms. The lowest BCUT2D eigenvalue weighted by molar-refractivity contribution is 0.102. The number of hydrogen-bond acceptors (Lipinski definition) is 4. The van der Waals surface area contributed by atoms with Gasteiger partial charge in [-0.15, -0.1) is 11.3 Å². The van der Waals surface area contributed by atoms with Crippen molar-refractivity contribution in [3.63, 3.8) is 0 Å². The number of amides is 1. The monoisotopic (exact) mass is 388 g/mol. The van der Waals surface area contributed by atoms with Crippen LogP contribution in [0.15, 0.2) is 36.5 Å². The third-order valence-corrected chi connectivity index (χ3v) is 6.68. The summed E-state index contributed by atoms with van der Waals surface area (Å²) in [7, 11) is 0. The lowest BCUT2D eigenvalue weighted by Crippen LogP contribution is -2.35. The van der Waals surface area contributed by atoms with Crippen LogP contribution in [-0.4, -0.2) is 40.2 Å². The van der Waals surface area contributed by atoms with Crippen molar-refractivity contribution >= 4 is 44.7 Å². The second kappa shape index (κ2) is 7.39. The molecule has 0 radical (unpaired) electrons. The topological polar surface area (TPSA) is 50.2 Å². The predicted molar refractivity (Wildman–Crippen MR) is 107 cm³/mol. The number of nitrogens with one attached hydrogen (secondary N) is 1. The molecule has 5 nitrogen and oxygen atoms in total. The number of hydrogen-bond donors (Lipinski definition) is 1. The highest BCUT2D eigenvalue weighted by molar-refractivity contribution is 7.21. The summed E-state index contributed by atoms with van der Waals surface area (Å²) in [5, 5.41) is 8.90. The van der Waals surface area contributed by atoms with E-state index >= 15 is 0 Å². The molecule has 0 unspecified atom stereocenters. The van der Waals surface area contributed by atoms with E-state index < -0.39 is 0 Å². The van der Waals surface area contributed by atoms with E-state index in [2.05, 4.69) is 22.2 Å². The van der Waals surface area contributed by atoms with Gasteiger partial charge in [0.1, 0.15) is 10.7 Å². The molecule has 0 spiro atoms. The number of nitrogens with zero attached hydrogens (tertiary/aromatic N) is 3. The number of anilines is 1. The maximum atomic E-state index is 12.8. The molecule has 2 aromatic heterocycles. The second-order valence-electron chi connectivity index (χ2n) is 6.52. The minimum absolute atomic E-state index is 0.177. The molecule has 7 heteroatoms. The van der Waals surface area contributed by atoms with Crippen LogP contribution in [0.5, 0.6) is 0 Å². The van der Waals surface area contributed by atoms with E-state index in [0.29, 0.717) is 15.9 Å². The molecule has 136 valence electrons. The van der Waals surface area contributed by atoms with Gasteiger partial charge in [-0.3, -0.25) is 4.79 Å². The number of aromatic nitrogens is 2. The fourth-order valence-electron chi connectivity index (χ4n) is 3.52. The minimum atomic E-state index is -0.177. The fourth-order valence-corrected chi connectivity index (χ4v) is 4.93. The number of halogens is 1. The van der Waals surface area contributed by atoms with Gasteiger partial charge < -0.3 is 10.2 Å². The Balaban J connectivity index is 1.53. The molecule has 26 heavy (non-hydrogen) atoms. The average molecular weight is 389 g/mol. The molecule has 1 aromatic carbocycles. The Bertz CT molecular complexity index is 927. The maximum Gasteiger partial charge on any atom is 0.268 e. The number of carbonyl (C=O) groups excluding carboxylic acids is 1. The van der Waals surface area contributed by atoms with E-state index in [1.54, 1.807) is 6.20 Å². The molecular weight excluding hydrogens is 368 g/mol. The maximum absolute atomic E-state index is 12.8. The molecule has 1 saturated heterocycles. The Kier molecular flexibility index (Phi) is 4.98. The van der Waals surface area contributed by atoms with Gasteiger partial charge in [-0.1, -0.05) is 36.7 Å². The van der Waals surface area contributed by atoms with Crippen LogP contribution >= 0.6 is 22.9 Å². The molecule has 1 aliphatic rings. The largest absolute Gasteiger partial charge is 0.306 e. The fraction of sp³-hybridized carbons (Fsp3) is 0.368. The van der Waals surface area contributed by atoms with Crippen molar-refractivity contribution in [1.82, 2.24) is 14.7 Å². The first kappa shape index (κ1) is 17.5. The molecule has 3 heterocycles. The second-order valence-corrected chi connectivity index (χ2v) is 7.95. The first-order chi connectivity index (χ1) is 12.7. The summed E-state index contributed by atoms with van der Waals surface area (Å²) in [6, 6.07) is 9.98. The number of piperidine rings is 1. The zero-order chi connectivity index (χ0) is 18.1. The Morgan fingerprint density at radius 1 is 1.31 bits per heavy atom. The molecule has 1 N–H and O–H groups in total. The van der Waals surface area contributed by atoms with Gasteiger partial charge in [0.15, 0.2) is 0 Å². The first-order valence-corrected chi connectivity index (χ1v) is 10.1. The molecule has 1 amide bonds. The van der Waals surface area contributed by atoms with Crippen LogP contribution in [0, 0.1) is 0 Å². The van der Waals surface area contributed by atoms with Gasteiger partial charge >= 0.3 is 0 Å². The van der Waals surface area contributed by atoms with Crippen molar-refractivity contribution in [2.24, 2.45) is 0 Å². The summed E-state index contributed by atoms with van der Waals surface area (Å²) in [5.74, 6) is 0.558. The zero-order valence-corrected chi connectivity index (χ0v) is 16.2. The normalized spacial score (nSPS) is 16.2. The molecule has 3 aromatic rings. The van der Waals surface area contributed by atoms with Crippen LogP contribution in [0.3, 0.4) is 0 Å². The van der Waals surface area contributed by atoms with Crippen molar-refractivity contribution in [2.45, 2.75) is 25.8 Å². The number of rotatable bonds is 4. The Morgan fingerprint density at radius 3 is 2.81 bits per heavy atom. The predicted octanol–water partition coefficient (Wildman–Crippen LogP) is 4.66. The van der Waals surface area contributed by atoms with Crippen molar-refractivity contribution in [3.05, 3.63) is 46.4 Å². The number of carbonyl (C=O) groups is 1. The van der Waals surface area contributed by atoms with E-state index in [1.165, 1.54) is 11.3 Å². The lowest BCUT2D eigenvalue weighted by Gasteiger charge is -2.31. The van der Waals surface area contributed by atoms with Gasteiger partial charge in [0.2, 0.25) is 0 Å². The van der Waals surface area contributed by atoms with E-state index in [9.17, 15) is 4.79 Å². The first-order valence-electron chi connectivity index (χ1n) is 8.91. The summed E-state index contributed by atoms with van der Waals surface area (Å²) in [5.41, 5.74) is 0. The van der Waals surface area contributed by atoms with E-state index in [1.807, 2.05) is 35.0 Å². The third-order valence-electron chi connectivity index (χ3n) is 5.00. The molecule has 4 rings (SSSR count). The Labute approximate surface area is 161 Å². The van der Waals surface area contributed by atoms with Gasteiger partial charge in [-0.2, -0.15) is 5.10 Å². The van der Waals surface area contributed by atoms with Gasteiger partial charge in [-0.05, 0) is 25.5 Å². The zero-order valence-electron chi connectivity index (χ0n) is 14.6. The number of likely N-dealkylation sites (tertiary alicyclic amines) is 1. The van der Waals surface area contributed by atoms with Crippen LogP contribution in [0.2, 0.25) is 5.02 Å². The van der Waals surface area contributed by atoms with Crippen LogP contribution < -0.4 is 5.32 Å². The highest BCUT2D eigenvalue weighted by Crippen LogP contribution is 2.35. The molecule has 0 aliphatic carbocycles. The minimum Gasteiger partial charge on any atom is -0.306 e. The molecule has 0 saturated carbocycles. The van der Waals surface area contributed by atoms with Crippen LogP contribution in [-0.2, 0) is 0 Å². The summed E-state index contributed by atoms with van der Waals surface area (Å²) < 4.78 is 2.97. The van der Waals surface area contributed by atoms with Gasteiger partial charge in [0, 0.05) is 29.2 Å². The molecule has 1 fully saturated rings. The quantitative estimate of drug-likeness (QED) is 0.707. The lowest BCUT2D eigenvalue weighted by atomic mass is 10.1. The van der Waals surface area contributed by atoms with Crippen molar-refractivity contribution in [3.8, 4) is 0 Å². The number of benzene rings is 1. The number of thiophene rings is 1. The van der Waals surface area contributed by atoms with Crippen LogP contribution in [0.1, 0.15) is 35.5 Å². The molecule has 0 atom stereocenters. The van der Waals surface area contributed by atoms with Gasteiger partial charge in [0.05, 0.1) is 17.3 Å². The van der Waals surface area contributed by atoms with Crippen LogP contribution in [0.25, 0.3) is 10.1 Å². The SMILES string of the molecule is CCN1CCC(n2nccc2NC(=O)c2sc3ccccc3c2Cl)CC1. The summed E-state index contributed by atoms with van der Waals surface area (Å²) >= 11 is 7.85. The van der Waals surface area contributed by atoms with E-state index in [0.717, 1.165) is 48.4 Å². The molecular formula is C19H21ClN4OS. The van der Waals surface area contributed by atoms with Crippen molar-refractivity contribution in [1.29, 1.82) is 0 Å². The smallest absolute Gasteiger partial charge is 0.268 e. The number of fused-ring (bicyclic) bond motifs is 1. The standard InChI is InChI=1S/C19H21ClN4OS/c1-2-23-11-8-13(9-12-23)24-16(7-10-21-24)22-19(25)18-17(20)14-5-3-4-6-15(14)26-18/h3-7,10,13H,2,8-9,11-12H2,1H3,(H,22,25). The highest BCUT2D eigenvalue weighted by atomic mass is 35.5. The van der Waals surface area contributed by atoms with Crippen molar-refractivity contribution in [2.75, 3.05) is 25.0 Å². The third kappa shape index (κ3) is 3.24. The Morgan fingerprint density at radius 2 is 2.08 bits per heavy atom. The van der Waals surface area contributed by atoms with Gasteiger partial charge in [-0.25, -0.2) is 4.68 Å². The summed E-state index contributed by atoms with van der Waals surface area (Å²) in [4.78, 5) is 15.8. The molecule has 1 aliphatic heterocycles. The Hall–Kier alpha value is -1.89. The van der Waals surface area contributed by atoms with Gasteiger partial charge in [0.25, 0.3) is 5.91 Å².